The fraction of sp³-hybridized carbons (Fsp3) is 0.700. The Bertz CT molecular complexity index is 349. The summed E-state index contributed by atoms with van der Waals surface area (Å²) in [5.41, 5.74) is 5.61. The van der Waals surface area contributed by atoms with E-state index in [0.29, 0.717) is 5.95 Å². The summed E-state index contributed by atoms with van der Waals surface area (Å²) in [6.07, 6.45) is 4.89. The molecule has 1 fully saturated rings. The van der Waals surface area contributed by atoms with Crippen LogP contribution in [0.3, 0.4) is 0 Å². The molecule has 6 nitrogen and oxygen atoms in total. The lowest BCUT2D eigenvalue weighted by Crippen LogP contribution is -2.26. The molecule has 0 aliphatic carbocycles. The van der Waals surface area contributed by atoms with Crippen LogP contribution < -0.4 is 15.4 Å². The van der Waals surface area contributed by atoms with E-state index in [1.54, 1.807) is 0 Å². The van der Waals surface area contributed by atoms with Crippen molar-refractivity contribution in [1.82, 2.24) is 15.0 Å². The van der Waals surface area contributed by atoms with Gasteiger partial charge in [-0.25, -0.2) is 0 Å². The van der Waals surface area contributed by atoms with E-state index < -0.39 is 0 Å². The molecule has 0 spiro atoms. The van der Waals surface area contributed by atoms with E-state index in [2.05, 4.69) is 19.9 Å². The highest BCUT2D eigenvalue weighted by atomic mass is 16.5. The minimum Gasteiger partial charge on any atom is -0.467 e. The molecule has 0 amide bonds. The van der Waals surface area contributed by atoms with E-state index in [1.165, 1.54) is 32.8 Å². The number of aromatic nitrogens is 3. The molecule has 1 saturated heterocycles. The van der Waals surface area contributed by atoms with Crippen LogP contribution in [-0.4, -0.2) is 35.2 Å². The maximum absolute atomic E-state index is 5.61. The Kier molecular flexibility index (Phi) is 3.38. The number of nitrogens with two attached hydrogens (primary N) is 1. The number of nitrogen functional groups attached to an aromatic ring is 1. The van der Waals surface area contributed by atoms with E-state index in [9.17, 15) is 0 Å². The topological polar surface area (TPSA) is 77.2 Å². The first-order valence-corrected chi connectivity index (χ1v) is 5.60. The van der Waals surface area contributed by atoms with Gasteiger partial charge < -0.3 is 15.4 Å². The van der Waals surface area contributed by atoms with E-state index in [-0.39, 0.29) is 12.0 Å². The summed E-state index contributed by atoms with van der Waals surface area (Å²) >= 11 is 0. The van der Waals surface area contributed by atoms with Crippen molar-refractivity contribution in [3.05, 3.63) is 0 Å². The summed E-state index contributed by atoms with van der Waals surface area (Å²) in [7, 11) is 1.53. The van der Waals surface area contributed by atoms with Crippen LogP contribution in [0.5, 0.6) is 6.01 Å². The van der Waals surface area contributed by atoms with Crippen molar-refractivity contribution in [2.45, 2.75) is 25.7 Å². The predicted octanol–water partition coefficient (Wildman–Crippen LogP) is 0.843. The molecule has 2 heterocycles. The Hall–Kier alpha value is -1.59. The van der Waals surface area contributed by atoms with Gasteiger partial charge in [0, 0.05) is 13.1 Å². The van der Waals surface area contributed by atoms with Gasteiger partial charge in [0.2, 0.25) is 11.9 Å². The Morgan fingerprint density at radius 1 is 1.06 bits per heavy atom. The molecular formula is C10H17N5O. The predicted molar refractivity (Wildman–Crippen MR) is 61.5 cm³/mol. The lowest BCUT2D eigenvalue weighted by Gasteiger charge is -2.20. The molecule has 0 atom stereocenters. The molecule has 0 bridgehead atoms. The van der Waals surface area contributed by atoms with Crippen molar-refractivity contribution in [3.63, 3.8) is 0 Å². The Morgan fingerprint density at radius 3 is 2.38 bits per heavy atom. The van der Waals surface area contributed by atoms with Gasteiger partial charge in [-0.2, -0.15) is 15.0 Å². The summed E-state index contributed by atoms with van der Waals surface area (Å²) in [4.78, 5) is 14.4. The highest BCUT2D eigenvalue weighted by molar-refractivity contribution is 5.35. The Morgan fingerprint density at radius 2 is 1.75 bits per heavy atom. The zero-order valence-corrected chi connectivity index (χ0v) is 9.52. The maximum atomic E-state index is 5.61. The number of ether oxygens (including phenoxy) is 1. The molecule has 0 saturated carbocycles. The first-order chi connectivity index (χ1) is 7.79. The van der Waals surface area contributed by atoms with Crippen LogP contribution in [0.1, 0.15) is 25.7 Å². The minimum atomic E-state index is 0.214. The van der Waals surface area contributed by atoms with Crippen molar-refractivity contribution >= 4 is 11.9 Å². The van der Waals surface area contributed by atoms with Gasteiger partial charge in [0.15, 0.2) is 0 Å². The molecule has 0 aromatic carbocycles. The normalized spacial score (nSPS) is 16.9. The lowest BCUT2D eigenvalue weighted by atomic mass is 10.2. The smallest absolute Gasteiger partial charge is 0.322 e. The number of methoxy groups -OCH3 is 1. The van der Waals surface area contributed by atoms with Gasteiger partial charge in [-0.05, 0) is 12.8 Å². The summed E-state index contributed by atoms with van der Waals surface area (Å²) in [6.45, 7) is 1.96. The summed E-state index contributed by atoms with van der Waals surface area (Å²) in [5.74, 6) is 0.845. The molecule has 2 N–H and O–H groups in total. The van der Waals surface area contributed by atoms with Gasteiger partial charge in [-0.1, -0.05) is 12.8 Å². The van der Waals surface area contributed by atoms with Crippen LogP contribution >= 0.6 is 0 Å². The first-order valence-electron chi connectivity index (χ1n) is 5.60. The fourth-order valence-corrected chi connectivity index (χ4v) is 1.86. The third kappa shape index (κ3) is 2.50. The van der Waals surface area contributed by atoms with E-state index in [4.69, 9.17) is 10.5 Å². The molecule has 16 heavy (non-hydrogen) atoms. The average molecular weight is 223 g/mol. The third-order valence-electron chi connectivity index (χ3n) is 2.69. The first kappa shape index (κ1) is 10.9. The van der Waals surface area contributed by atoms with Crippen LogP contribution in [-0.2, 0) is 0 Å². The molecule has 0 unspecified atom stereocenters. The monoisotopic (exact) mass is 223 g/mol. The molecule has 1 aromatic heterocycles. The standard InChI is InChI=1S/C10H17N5O/c1-16-10-13-8(11)12-9(14-10)15-6-4-2-3-5-7-15/h2-7H2,1H3,(H2,11,12,13,14). The second kappa shape index (κ2) is 4.96. The number of hydrogen-bond acceptors (Lipinski definition) is 6. The lowest BCUT2D eigenvalue weighted by molar-refractivity contribution is 0.379. The van der Waals surface area contributed by atoms with Crippen LogP contribution in [0.2, 0.25) is 0 Å². The second-order valence-corrected chi connectivity index (χ2v) is 3.88. The minimum absolute atomic E-state index is 0.214. The van der Waals surface area contributed by atoms with Crippen molar-refractivity contribution in [2.75, 3.05) is 30.8 Å². The van der Waals surface area contributed by atoms with Crippen LogP contribution in [0.15, 0.2) is 0 Å². The number of nitrogens with zero attached hydrogens (tertiary/aromatic N) is 4. The van der Waals surface area contributed by atoms with Crippen molar-refractivity contribution in [1.29, 1.82) is 0 Å². The molecular weight excluding hydrogens is 206 g/mol. The van der Waals surface area contributed by atoms with Crippen LogP contribution in [0.25, 0.3) is 0 Å². The molecule has 1 aromatic rings. The largest absolute Gasteiger partial charge is 0.467 e. The zero-order valence-electron chi connectivity index (χ0n) is 9.52. The van der Waals surface area contributed by atoms with Gasteiger partial charge in [0.05, 0.1) is 7.11 Å². The van der Waals surface area contributed by atoms with Gasteiger partial charge in [0.1, 0.15) is 0 Å². The van der Waals surface area contributed by atoms with Crippen molar-refractivity contribution in [3.8, 4) is 6.01 Å². The summed E-state index contributed by atoms with van der Waals surface area (Å²) < 4.78 is 4.99. The van der Waals surface area contributed by atoms with E-state index in [1.807, 2.05) is 0 Å². The number of rotatable bonds is 2. The zero-order chi connectivity index (χ0) is 11.4. The van der Waals surface area contributed by atoms with Gasteiger partial charge in [0.25, 0.3) is 0 Å². The fourth-order valence-electron chi connectivity index (χ4n) is 1.86. The quantitative estimate of drug-likeness (QED) is 0.800. The Balaban J connectivity index is 2.20. The molecule has 2 rings (SSSR count). The van der Waals surface area contributed by atoms with Gasteiger partial charge in [-0.15, -0.1) is 0 Å². The maximum Gasteiger partial charge on any atom is 0.322 e. The average Bonchev–Trinajstić information content (AvgIpc) is 2.56. The Labute approximate surface area is 94.9 Å². The number of hydrogen-bond donors (Lipinski definition) is 1. The van der Waals surface area contributed by atoms with Crippen molar-refractivity contribution < 1.29 is 4.74 Å². The van der Waals surface area contributed by atoms with E-state index in [0.717, 1.165) is 13.1 Å². The molecule has 88 valence electrons. The molecule has 6 heteroatoms. The molecule has 1 aliphatic heterocycles. The van der Waals surface area contributed by atoms with Gasteiger partial charge in [-0.3, -0.25) is 0 Å². The van der Waals surface area contributed by atoms with E-state index >= 15 is 0 Å². The highest BCUT2D eigenvalue weighted by Gasteiger charge is 2.14. The number of anilines is 2. The third-order valence-corrected chi connectivity index (χ3v) is 2.69. The SMILES string of the molecule is COc1nc(N)nc(N2CCCCCC2)n1. The molecule has 0 radical (unpaired) electrons. The summed E-state index contributed by atoms with van der Waals surface area (Å²) in [5, 5.41) is 0. The van der Waals surface area contributed by atoms with Crippen LogP contribution in [0.4, 0.5) is 11.9 Å². The highest BCUT2D eigenvalue weighted by Crippen LogP contribution is 2.17. The van der Waals surface area contributed by atoms with Crippen LogP contribution in [0, 0.1) is 0 Å². The molecule has 1 aliphatic rings. The van der Waals surface area contributed by atoms with Crippen molar-refractivity contribution in [2.24, 2.45) is 0 Å². The van der Waals surface area contributed by atoms with Gasteiger partial charge >= 0.3 is 6.01 Å². The summed E-state index contributed by atoms with van der Waals surface area (Å²) in [6, 6.07) is 0.284. The second-order valence-electron chi connectivity index (χ2n) is 3.88.